The summed E-state index contributed by atoms with van der Waals surface area (Å²) >= 11 is 0.886. The lowest BCUT2D eigenvalue weighted by atomic mass is 10.3. The van der Waals surface area contributed by atoms with E-state index < -0.39 is 10.0 Å². The molecule has 0 aliphatic heterocycles. The minimum absolute atomic E-state index is 0.000720. The number of primary sulfonamides is 1. The standard InChI is InChI=1S/C9H13N3O3S2/c1-5-8(17(10,14)15)16-9(11-5)12-7(13)4-6-2-3-6/h6H,2-4H2,1H3,(H2,10,14,15)(H,11,12,13). The van der Waals surface area contributed by atoms with Crippen molar-refractivity contribution in [3.8, 4) is 0 Å². The van der Waals surface area contributed by atoms with Crippen LogP contribution in [0.4, 0.5) is 5.13 Å². The largest absolute Gasteiger partial charge is 0.302 e. The fourth-order valence-corrected chi connectivity index (χ4v) is 3.33. The summed E-state index contributed by atoms with van der Waals surface area (Å²) < 4.78 is 22.4. The first-order valence-electron chi connectivity index (χ1n) is 5.16. The zero-order chi connectivity index (χ0) is 12.6. The van der Waals surface area contributed by atoms with Crippen molar-refractivity contribution in [2.24, 2.45) is 11.1 Å². The molecular formula is C9H13N3O3S2. The van der Waals surface area contributed by atoms with E-state index in [1.54, 1.807) is 6.92 Å². The quantitative estimate of drug-likeness (QED) is 0.849. The molecule has 0 saturated heterocycles. The number of hydrogen-bond donors (Lipinski definition) is 2. The number of carbonyl (C=O) groups excluding carboxylic acids is 1. The molecule has 1 amide bonds. The van der Waals surface area contributed by atoms with Gasteiger partial charge in [0, 0.05) is 6.42 Å². The molecule has 1 aromatic rings. The molecule has 0 unspecified atom stereocenters. The monoisotopic (exact) mass is 275 g/mol. The molecule has 1 fully saturated rings. The maximum Gasteiger partial charge on any atom is 0.249 e. The van der Waals surface area contributed by atoms with Gasteiger partial charge in [-0.25, -0.2) is 18.5 Å². The first-order chi connectivity index (χ1) is 7.86. The lowest BCUT2D eigenvalue weighted by molar-refractivity contribution is -0.116. The zero-order valence-electron chi connectivity index (χ0n) is 9.26. The van der Waals surface area contributed by atoms with Crippen LogP contribution in [0.15, 0.2) is 4.21 Å². The normalized spacial score (nSPS) is 15.9. The number of nitrogens with zero attached hydrogens (tertiary/aromatic N) is 1. The molecule has 1 aliphatic rings. The molecule has 1 heterocycles. The topological polar surface area (TPSA) is 102 Å². The van der Waals surface area contributed by atoms with Crippen LogP contribution < -0.4 is 10.5 Å². The van der Waals surface area contributed by atoms with Crippen LogP contribution in [0.25, 0.3) is 0 Å². The second-order valence-corrected chi connectivity index (χ2v) is 6.89. The number of hydrogen-bond acceptors (Lipinski definition) is 5. The average molecular weight is 275 g/mol. The molecule has 2 rings (SSSR count). The summed E-state index contributed by atoms with van der Waals surface area (Å²) in [5.74, 6) is 0.357. The summed E-state index contributed by atoms with van der Waals surface area (Å²) in [6, 6.07) is 0. The van der Waals surface area contributed by atoms with Crippen molar-refractivity contribution < 1.29 is 13.2 Å². The van der Waals surface area contributed by atoms with Gasteiger partial charge in [0.2, 0.25) is 15.9 Å². The van der Waals surface area contributed by atoms with Crippen molar-refractivity contribution in [2.75, 3.05) is 5.32 Å². The van der Waals surface area contributed by atoms with Crippen LogP contribution in [0.1, 0.15) is 25.0 Å². The molecule has 0 atom stereocenters. The van der Waals surface area contributed by atoms with Crippen molar-refractivity contribution in [2.45, 2.75) is 30.4 Å². The van der Waals surface area contributed by atoms with E-state index >= 15 is 0 Å². The summed E-state index contributed by atoms with van der Waals surface area (Å²) in [7, 11) is -3.75. The van der Waals surface area contributed by atoms with Gasteiger partial charge < -0.3 is 5.32 Å². The number of aromatic nitrogens is 1. The van der Waals surface area contributed by atoms with Crippen LogP contribution in [-0.4, -0.2) is 19.3 Å². The van der Waals surface area contributed by atoms with E-state index in [-0.39, 0.29) is 15.2 Å². The summed E-state index contributed by atoms with van der Waals surface area (Å²) in [5.41, 5.74) is 0.319. The number of rotatable bonds is 4. The van der Waals surface area contributed by atoms with Crippen molar-refractivity contribution in [1.29, 1.82) is 0 Å². The van der Waals surface area contributed by atoms with Crippen molar-refractivity contribution in [3.63, 3.8) is 0 Å². The third-order valence-electron chi connectivity index (χ3n) is 2.43. The first kappa shape index (κ1) is 12.5. The van der Waals surface area contributed by atoms with E-state index in [0.717, 1.165) is 24.2 Å². The second kappa shape index (κ2) is 4.35. The molecule has 0 bridgehead atoms. The van der Waals surface area contributed by atoms with Gasteiger partial charge >= 0.3 is 0 Å². The van der Waals surface area contributed by atoms with Crippen LogP contribution in [-0.2, 0) is 14.8 Å². The van der Waals surface area contributed by atoms with Gasteiger partial charge in [0.1, 0.15) is 0 Å². The molecule has 17 heavy (non-hydrogen) atoms. The number of amides is 1. The Hall–Kier alpha value is -0.990. The Kier molecular flexibility index (Phi) is 3.19. The molecule has 1 aromatic heterocycles. The molecule has 0 radical (unpaired) electrons. The Bertz CT molecular complexity index is 546. The molecule has 3 N–H and O–H groups in total. The number of carbonyl (C=O) groups is 1. The number of nitrogens with one attached hydrogen (secondary N) is 1. The predicted octanol–water partition coefficient (Wildman–Crippen LogP) is 0.838. The summed E-state index contributed by atoms with van der Waals surface area (Å²) in [5, 5.41) is 7.91. The van der Waals surface area contributed by atoms with Gasteiger partial charge in [0.05, 0.1) is 5.69 Å². The second-order valence-electron chi connectivity index (χ2n) is 4.13. The number of anilines is 1. The highest BCUT2D eigenvalue weighted by atomic mass is 32.2. The Labute approximate surface area is 103 Å². The van der Waals surface area contributed by atoms with E-state index in [2.05, 4.69) is 10.3 Å². The Morgan fingerprint density at radius 3 is 2.71 bits per heavy atom. The van der Waals surface area contributed by atoms with Crippen molar-refractivity contribution in [1.82, 2.24) is 4.98 Å². The van der Waals surface area contributed by atoms with Gasteiger partial charge in [-0.1, -0.05) is 11.3 Å². The Balaban J connectivity index is 2.09. The van der Waals surface area contributed by atoms with Crippen LogP contribution in [0.2, 0.25) is 0 Å². The average Bonchev–Trinajstić information content (AvgIpc) is 2.88. The number of thiazole rings is 1. The van der Waals surface area contributed by atoms with E-state index in [1.165, 1.54) is 0 Å². The van der Waals surface area contributed by atoms with Crippen LogP contribution in [0, 0.1) is 12.8 Å². The molecular weight excluding hydrogens is 262 g/mol. The zero-order valence-corrected chi connectivity index (χ0v) is 10.9. The molecule has 94 valence electrons. The number of sulfonamides is 1. The number of nitrogens with two attached hydrogens (primary N) is 1. The highest BCUT2D eigenvalue weighted by molar-refractivity contribution is 7.91. The summed E-state index contributed by atoms with van der Waals surface area (Å²) in [4.78, 5) is 15.5. The first-order valence-corrected chi connectivity index (χ1v) is 7.52. The van der Waals surface area contributed by atoms with Gasteiger partial charge in [0.15, 0.2) is 9.34 Å². The maximum atomic E-state index is 11.5. The SMILES string of the molecule is Cc1nc(NC(=O)CC2CC2)sc1S(N)(=O)=O. The Morgan fingerprint density at radius 2 is 2.24 bits per heavy atom. The molecule has 8 heteroatoms. The molecule has 6 nitrogen and oxygen atoms in total. The lowest BCUT2D eigenvalue weighted by Gasteiger charge is -1.98. The molecule has 0 spiro atoms. The third-order valence-corrected chi connectivity index (χ3v) is 5.06. The lowest BCUT2D eigenvalue weighted by Crippen LogP contribution is -2.11. The van der Waals surface area contributed by atoms with E-state index in [0.29, 0.717) is 18.0 Å². The van der Waals surface area contributed by atoms with Gasteiger partial charge in [-0.2, -0.15) is 0 Å². The summed E-state index contributed by atoms with van der Waals surface area (Å²) in [6.07, 6.45) is 2.66. The van der Waals surface area contributed by atoms with E-state index in [9.17, 15) is 13.2 Å². The molecule has 1 saturated carbocycles. The molecule has 1 aliphatic carbocycles. The van der Waals surface area contributed by atoms with Crippen LogP contribution in [0.3, 0.4) is 0 Å². The van der Waals surface area contributed by atoms with E-state index in [4.69, 9.17) is 5.14 Å². The number of aryl methyl sites for hydroxylation is 1. The summed E-state index contributed by atoms with van der Waals surface area (Å²) in [6.45, 7) is 1.55. The predicted molar refractivity (Wildman–Crippen MR) is 64.2 cm³/mol. The maximum absolute atomic E-state index is 11.5. The van der Waals surface area contributed by atoms with Gasteiger partial charge in [-0.3, -0.25) is 4.79 Å². The highest BCUT2D eigenvalue weighted by Crippen LogP contribution is 2.33. The van der Waals surface area contributed by atoms with Crippen LogP contribution in [0.5, 0.6) is 0 Å². The van der Waals surface area contributed by atoms with Gasteiger partial charge in [0.25, 0.3) is 0 Å². The fraction of sp³-hybridized carbons (Fsp3) is 0.556. The highest BCUT2D eigenvalue weighted by Gasteiger charge is 2.25. The van der Waals surface area contributed by atoms with Crippen molar-refractivity contribution >= 4 is 32.4 Å². The van der Waals surface area contributed by atoms with Gasteiger partial charge in [-0.15, -0.1) is 0 Å². The fourth-order valence-electron chi connectivity index (χ4n) is 1.45. The smallest absolute Gasteiger partial charge is 0.249 e. The molecule has 0 aromatic carbocycles. The minimum atomic E-state index is -3.75. The Morgan fingerprint density at radius 1 is 1.59 bits per heavy atom. The van der Waals surface area contributed by atoms with Gasteiger partial charge in [-0.05, 0) is 25.7 Å². The minimum Gasteiger partial charge on any atom is -0.302 e. The van der Waals surface area contributed by atoms with Crippen molar-refractivity contribution in [3.05, 3.63) is 5.69 Å². The third kappa shape index (κ3) is 3.24. The van der Waals surface area contributed by atoms with Crippen LogP contribution >= 0.6 is 11.3 Å². The van der Waals surface area contributed by atoms with E-state index in [1.807, 2.05) is 0 Å².